The van der Waals surface area contributed by atoms with Gasteiger partial charge in [0.05, 0.1) is 18.4 Å². The van der Waals surface area contributed by atoms with Crippen molar-refractivity contribution in [2.24, 2.45) is 0 Å². The summed E-state index contributed by atoms with van der Waals surface area (Å²) in [5.74, 6) is 0.0559. The topological polar surface area (TPSA) is 67.0 Å². The molecule has 4 rings (SSSR count). The summed E-state index contributed by atoms with van der Waals surface area (Å²) < 4.78 is 5.13. The summed E-state index contributed by atoms with van der Waals surface area (Å²) in [5.41, 5.74) is 5.22. The number of benzene rings is 2. The van der Waals surface area contributed by atoms with Crippen molar-refractivity contribution in [3.8, 4) is 0 Å². The number of nitrogens with zero attached hydrogens (tertiary/aromatic N) is 1. The fourth-order valence-electron chi connectivity index (χ4n) is 3.69. The Morgan fingerprint density at radius 2 is 1.71 bits per heavy atom. The smallest absolute Gasteiger partial charge is 0.336 e. The van der Waals surface area contributed by atoms with Crippen molar-refractivity contribution in [1.29, 1.82) is 0 Å². The molecule has 2 heterocycles. The normalized spacial score (nSPS) is 16.7. The molecule has 2 N–H and O–H groups in total. The van der Waals surface area contributed by atoms with E-state index in [2.05, 4.69) is 15.3 Å². The van der Waals surface area contributed by atoms with Gasteiger partial charge in [-0.1, -0.05) is 60.7 Å². The van der Waals surface area contributed by atoms with Gasteiger partial charge in [-0.2, -0.15) is 0 Å². The minimum atomic E-state index is -0.352. The molecule has 1 unspecified atom stereocenters. The average molecular weight is 371 g/mol. The lowest BCUT2D eigenvalue weighted by Crippen LogP contribution is -2.28. The third-order valence-electron chi connectivity index (χ3n) is 4.92. The van der Waals surface area contributed by atoms with E-state index >= 15 is 0 Å². The zero-order valence-corrected chi connectivity index (χ0v) is 15.8. The van der Waals surface area contributed by atoms with Gasteiger partial charge in [-0.05, 0) is 18.1 Å². The Hall–Kier alpha value is -3.60. The number of hydrogen-bond acceptors (Lipinski definition) is 4. The van der Waals surface area contributed by atoms with E-state index in [1.165, 1.54) is 7.11 Å². The number of imidazole rings is 1. The highest BCUT2D eigenvalue weighted by atomic mass is 16.5. The molecular formula is C23H21N3O2. The summed E-state index contributed by atoms with van der Waals surface area (Å²) in [5, 5.41) is 3.43. The van der Waals surface area contributed by atoms with Crippen LogP contribution in [0.25, 0.3) is 11.3 Å². The van der Waals surface area contributed by atoms with E-state index in [1.54, 1.807) is 12.4 Å². The summed E-state index contributed by atoms with van der Waals surface area (Å²) in [6.45, 7) is 1.91. The largest absolute Gasteiger partial charge is 0.466 e. The van der Waals surface area contributed by atoms with Crippen LogP contribution in [0.4, 0.5) is 0 Å². The van der Waals surface area contributed by atoms with Crippen LogP contribution in [-0.2, 0) is 9.53 Å². The molecule has 1 aliphatic heterocycles. The lowest BCUT2D eigenvalue weighted by molar-refractivity contribution is -0.136. The highest BCUT2D eigenvalue weighted by molar-refractivity contribution is 6.03. The summed E-state index contributed by atoms with van der Waals surface area (Å²) in [6, 6.07) is 20.0. The van der Waals surface area contributed by atoms with Crippen molar-refractivity contribution >= 4 is 17.2 Å². The minimum Gasteiger partial charge on any atom is -0.466 e. The van der Waals surface area contributed by atoms with Crippen molar-refractivity contribution in [2.45, 2.75) is 12.8 Å². The van der Waals surface area contributed by atoms with Crippen LogP contribution in [0, 0.1) is 0 Å². The molecule has 5 nitrogen and oxygen atoms in total. The number of dihydropyridines is 1. The van der Waals surface area contributed by atoms with Gasteiger partial charge in [0.25, 0.3) is 0 Å². The SMILES string of the molecule is COC(=O)C1=C(C)NC(c2ccccc2)=C(c2ncc[nH]2)C1c1ccccc1. The zero-order valence-electron chi connectivity index (χ0n) is 15.8. The molecule has 0 bridgehead atoms. The van der Waals surface area contributed by atoms with Gasteiger partial charge in [-0.15, -0.1) is 0 Å². The number of hydrogen-bond donors (Lipinski definition) is 2. The molecule has 28 heavy (non-hydrogen) atoms. The van der Waals surface area contributed by atoms with Crippen molar-refractivity contribution in [2.75, 3.05) is 7.11 Å². The van der Waals surface area contributed by atoms with E-state index in [0.29, 0.717) is 11.4 Å². The van der Waals surface area contributed by atoms with Crippen molar-refractivity contribution in [3.05, 3.63) is 101 Å². The molecule has 0 radical (unpaired) electrons. The first-order valence-electron chi connectivity index (χ1n) is 9.11. The molecule has 1 aliphatic rings. The highest BCUT2D eigenvalue weighted by Gasteiger charge is 2.36. The second-order valence-corrected chi connectivity index (χ2v) is 6.59. The van der Waals surface area contributed by atoms with Gasteiger partial charge in [0, 0.05) is 29.6 Å². The number of carbonyl (C=O) groups excluding carboxylic acids is 1. The number of carbonyl (C=O) groups is 1. The van der Waals surface area contributed by atoms with Gasteiger partial charge in [0.15, 0.2) is 0 Å². The molecule has 0 saturated heterocycles. The Labute approximate surface area is 163 Å². The van der Waals surface area contributed by atoms with Gasteiger partial charge in [-0.3, -0.25) is 0 Å². The number of aromatic amines is 1. The first-order valence-corrected chi connectivity index (χ1v) is 9.11. The van der Waals surface area contributed by atoms with Crippen LogP contribution in [0.3, 0.4) is 0 Å². The molecule has 0 saturated carbocycles. The van der Waals surface area contributed by atoms with Gasteiger partial charge < -0.3 is 15.0 Å². The number of H-pyrrole nitrogens is 1. The summed E-state index contributed by atoms with van der Waals surface area (Å²) in [6.07, 6.45) is 3.51. The van der Waals surface area contributed by atoms with Gasteiger partial charge in [0.1, 0.15) is 5.82 Å². The Bertz CT molecular complexity index is 1040. The molecule has 2 aromatic carbocycles. The monoisotopic (exact) mass is 371 g/mol. The lowest BCUT2D eigenvalue weighted by atomic mass is 9.79. The molecule has 140 valence electrons. The number of esters is 1. The van der Waals surface area contributed by atoms with E-state index in [1.807, 2.05) is 67.6 Å². The number of aromatic nitrogens is 2. The predicted octanol–water partition coefficient (Wildman–Crippen LogP) is 4.11. The molecule has 1 atom stereocenters. The second-order valence-electron chi connectivity index (χ2n) is 6.59. The second kappa shape index (κ2) is 7.56. The Balaban J connectivity index is 2.02. The maximum atomic E-state index is 12.7. The maximum Gasteiger partial charge on any atom is 0.336 e. The van der Waals surface area contributed by atoms with Gasteiger partial charge in [0.2, 0.25) is 0 Å². The van der Waals surface area contributed by atoms with E-state index < -0.39 is 0 Å². The van der Waals surface area contributed by atoms with E-state index in [0.717, 1.165) is 28.1 Å². The molecule has 0 fully saturated rings. The molecule has 3 aromatic rings. The number of rotatable bonds is 4. The zero-order chi connectivity index (χ0) is 19.5. The fraction of sp³-hybridized carbons (Fsp3) is 0.130. The van der Waals surface area contributed by atoms with Crippen LogP contribution in [0.5, 0.6) is 0 Å². The number of ether oxygens (including phenoxy) is 1. The molecule has 1 aromatic heterocycles. The first kappa shape index (κ1) is 17.8. The van der Waals surface area contributed by atoms with E-state index in [9.17, 15) is 4.79 Å². The quantitative estimate of drug-likeness (QED) is 0.677. The van der Waals surface area contributed by atoms with Crippen LogP contribution in [0.15, 0.2) is 84.3 Å². The molecule has 0 aliphatic carbocycles. The molecular weight excluding hydrogens is 350 g/mol. The fourth-order valence-corrected chi connectivity index (χ4v) is 3.69. The lowest BCUT2D eigenvalue weighted by Gasteiger charge is -2.32. The van der Waals surface area contributed by atoms with Crippen molar-refractivity contribution in [3.63, 3.8) is 0 Å². The number of nitrogens with one attached hydrogen (secondary N) is 2. The van der Waals surface area contributed by atoms with Gasteiger partial charge in [-0.25, -0.2) is 9.78 Å². The maximum absolute atomic E-state index is 12.7. The highest BCUT2D eigenvalue weighted by Crippen LogP contribution is 2.44. The molecule has 0 spiro atoms. The first-order chi connectivity index (χ1) is 13.7. The average Bonchev–Trinajstić information content (AvgIpc) is 3.28. The summed E-state index contributed by atoms with van der Waals surface area (Å²) in [4.78, 5) is 20.5. The van der Waals surface area contributed by atoms with Crippen LogP contribution < -0.4 is 5.32 Å². The number of methoxy groups -OCH3 is 1. The minimum absolute atomic E-state index is 0.309. The van der Waals surface area contributed by atoms with Crippen LogP contribution >= 0.6 is 0 Å². The third kappa shape index (κ3) is 3.11. The predicted molar refractivity (Wildman–Crippen MR) is 109 cm³/mol. The third-order valence-corrected chi connectivity index (χ3v) is 4.92. The molecule has 5 heteroatoms. The van der Waals surface area contributed by atoms with Gasteiger partial charge >= 0.3 is 5.97 Å². The van der Waals surface area contributed by atoms with Crippen molar-refractivity contribution in [1.82, 2.24) is 15.3 Å². The standard InChI is InChI=1S/C23H21N3O2/c1-15-18(23(27)28-2)19(16-9-5-3-6-10-16)20(22-24-13-14-25-22)21(26-15)17-11-7-4-8-12-17/h3-14,19,26H,1-2H3,(H,24,25). The summed E-state index contributed by atoms with van der Waals surface area (Å²) >= 11 is 0. The summed E-state index contributed by atoms with van der Waals surface area (Å²) in [7, 11) is 1.41. The van der Waals surface area contributed by atoms with Crippen molar-refractivity contribution < 1.29 is 9.53 Å². The van der Waals surface area contributed by atoms with E-state index in [4.69, 9.17) is 4.74 Å². The van der Waals surface area contributed by atoms with E-state index in [-0.39, 0.29) is 11.9 Å². The van der Waals surface area contributed by atoms with Crippen LogP contribution in [0.2, 0.25) is 0 Å². The molecule has 0 amide bonds. The Kier molecular flexibility index (Phi) is 4.81. The Morgan fingerprint density at radius 3 is 2.32 bits per heavy atom. The Morgan fingerprint density at radius 1 is 1.04 bits per heavy atom. The van der Waals surface area contributed by atoms with Crippen LogP contribution in [0.1, 0.15) is 29.8 Å². The number of allylic oxidation sites excluding steroid dienone is 2. The van der Waals surface area contributed by atoms with Crippen LogP contribution in [-0.4, -0.2) is 23.0 Å².